The van der Waals surface area contributed by atoms with Crippen LogP contribution in [-0.4, -0.2) is 31.8 Å². The summed E-state index contributed by atoms with van der Waals surface area (Å²) in [6.07, 6.45) is 1.20. The molecular weight excluding hydrogens is 138 g/mol. The Morgan fingerprint density at radius 3 is 2.91 bits per heavy atom. The summed E-state index contributed by atoms with van der Waals surface area (Å²) < 4.78 is 0. The van der Waals surface area contributed by atoms with Crippen LogP contribution in [0.15, 0.2) is 0 Å². The minimum Gasteiger partial charge on any atom is -0.317 e. The summed E-state index contributed by atoms with van der Waals surface area (Å²) in [6, 6.07) is 0. The Labute approximate surface area is 68.9 Å². The van der Waals surface area contributed by atoms with Crippen molar-refractivity contribution in [3.63, 3.8) is 0 Å². The van der Waals surface area contributed by atoms with E-state index in [2.05, 4.69) is 29.8 Å². The molecule has 1 rings (SSSR count). The highest BCUT2D eigenvalue weighted by molar-refractivity contribution is 4.90. The average Bonchev–Trinajstić information content (AvgIpc) is 2.38. The second kappa shape index (κ2) is 4.04. The highest BCUT2D eigenvalue weighted by atomic mass is 15.2. The van der Waals surface area contributed by atoms with E-state index in [-0.39, 0.29) is 0 Å². The van der Waals surface area contributed by atoms with Gasteiger partial charge in [0, 0.05) is 18.8 Å². The number of hydrogen-bond acceptors (Lipinski definition) is 3. The van der Waals surface area contributed by atoms with Crippen LogP contribution in [0.4, 0.5) is 0 Å². The molecule has 66 valence electrons. The highest BCUT2D eigenvalue weighted by Gasteiger charge is 2.26. The largest absolute Gasteiger partial charge is 0.317 e. The molecule has 0 aromatic carbocycles. The van der Waals surface area contributed by atoms with E-state index in [1.54, 1.807) is 0 Å². The van der Waals surface area contributed by atoms with Gasteiger partial charge in [-0.15, -0.1) is 0 Å². The molecule has 3 N–H and O–H groups in total. The van der Waals surface area contributed by atoms with Gasteiger partial charge in [0.15, 0.2) is 0 Å². The molecule has 0 amide bonds. The molecule has 1 heterocycles. The van der Waals surface area contributed by atoms with E-state index < -0.39 is 0 Å². The molecule has 1 saturated heterocycles. The Balaban J connectivity index is 2.13. The third-order valence-corrected chi connectivity index (χ3v) is 2.26. The molecule has 0 bridgehead atoms. The monoisotopic (exact) mass is 157 g/mol. The van der Waals surface area contributed by atoms with Crippen LogP contribution in [0.5, 0.6) is 0 Å². The van der Waals surface area contributed by atoms with Crippen molar-refractivity contribution in [3.8, 4) is 0 Å². The molecule has 11 heavy (non-hydrogen) atoms. The van der Waals surface area contributed by atoms with Crippen LogP contribution < -0.4 is 16.0 Å². The summed E-state index contributed by atoms with van der Waals surface area (Å²) in [7, 11) is 0. The van der Waals surface area contributed by atoms with Crippen LogP contribution in [0, 0.1) is 0 Å². The van der Waals surface area contributed by atoms with E-state index in [0.29, 0.717) is 5.54 Å². The second-order valence-electron chi connectivity index (χ2n) is 3.44. The van der Waals surface area contributed by atoms with Crippen LogP contribution in [0.3, 0.4) is 0 Å². The highest BCUT2D eigenvalue weighted by Crippen LogP contribution is 2.09. The van der Waals surface area contributed by atoms with Crippen LogP contribution >= 0.6 is 0 Å². The molecule has 1 aliphatic rings. The second-order valence-corrected chi connectivity index (χ2v) is 3.44. The zero-order valence-electron chi connectivity index (χ0n) is 7.54. The van der Waals surface area contributed by atoms with Crippen molar-refractivity contribution >= 4 is 0 Å². The maximum absolute atomic E-state index is 3.44. The molecule has 1 fully saturated rings. The molecule has 0 aliphatic carbocycles. The van der Waals surface area contributed by atoms with Gasteiger partial charge in [0.25, 0.3) is 0 Å². The number of hydrogen-bond donors (Lipinski definition) is 3. The lowest BCUT2D eigenvalue weighted by Crippen LogP contribution is -2.41. The SMILES string of the molecule is CCNCCC1(C)CNCN1. The van der Waals surface area contributed by atoms with Gasteiger partial charge in [-0.05, 0) is 26.4 Å². The van der Waals surface area contributed by atoms with Crippen LogP contribution in [-0.2, 0) is 0 Å². The van der Waals surface area contributed by atoms with Gasteiger partial charge in [-0.25, -0.2) is 0 Å². The van der Waals surface area contributed by atoms with Crippen molar-refractivity contribution in [3.05, 3.63) is 0 Å². The molecule has 0 radical (unpaired) electrons. The molecule has 0 spiro atoms. The fraction of sp³-hybridized carbons (Fsp3) is 1.00. The Morgan fingerprint density at radius 2 is 2.36 bits per heavy atom. The van der Waals surface area contributed by atoms with E-state index in [1.165, 1.54) is 6.42 Å². The zero-order chi connectivity index (χ0) is 8.16. The van der Waals surface area contributed by atoms with Gasteiger partial charge >= 0.3 is 0 Å². The first-order chi connectivity index (χ1) is 5.27. The van der Waals surface area contributed by atoms with Crippen LogP contribution in [0.1, 0.15) is 20.3 Å². The van der Waals surface area contributed by atoms with Crippen LogP contribution in [0.25, 0.3) is 0 Å². The smallest absolute Gasteiger partial charge is 0.0459 e. The lowest BCUT2D eigenvalue weighted by molar-refractivity contribution is 0.397. The predicted molar refractivity (Wildman–Crippen MR) is 47.6 cm³/mol. The first-order valence-corrected chi connectivity index (χ1v) is 4.43. The quantitative estimate of drug-likeness (QED) is 0.499. The maximum Gasteiger partial charge on any atom is 0.0459 e. The van der Waals surface area contributed by atoms with Crippen molar-refractivity contribution in [2.24, 2.45) is 0 Å². The predicted octanol–water partition coefficient (Wildman–Crippen LogP) is -0.105. The van der Waals surface area contributed by atoms with E-state index in [9.17, 15) is 0 Å². The summed E-state index contributed by atoms with van der Waals surface area (Å²) >= 11 is 0. The Morgan fingerprint density at radius 1 is 1.55 bits per heavy atom. The van der Waals surface area contributed by atoms with Gasteiger partial charge < -0.3 is 10.6 Å². The molecule has 3 nitrogen and oxygen atoms in total. The molecule has 1 unspecified atom stereocenters. The first-order valence-electron chi connectivity index (χ1n) is 4.43. The van der Waals surface area contributed by atoms with Crippen LogP contribution in [0.2, 0.25) is 0 Å². The van der Waals surface area contributed by atoms with E-state index in [1.807, 2.05) is 0 Å². The summed E-state index contributed by atoms with van der Waals surface area (Å²) in [5.41, 5.74) is 0.322. The van der Waals surface area contributed by atoms with Crippen molar-refractivity contribution in [1.29, 1.82) is 0 Å². The number of rotatable bonds is 4. The van der Waals surface area contributed by atoms with Gasteiger partial charge in [-0.2, -0.15) is 0 Å². The van der Waals surface area contributed by atoms with Crippen molar-refractivity contribution < 1.29 is 0 Å². The Kier molecular flexibility index (Phi) is 3.30. The molecule has 0 saturated carbocycles. The standard InChI is InChI=1S/C8H19N3/c1-3-9-5-4-8(2)6-10-7-11-8/h9-11H,3-7H2,1-2H3. The zero-order valence-corrected chi connectivity index (χ0v) is 7.54. The maximum atomic E-state index is 3.44. The van der Waals surface area contributed by atoms with Gasteiger partial charge in [-0.3, -0.25) is 5.32 Å². The normalized spacial score (nSPS) is 31.1. The average molecular weight is 157 g/mol. The first kappa shape index (κ1) is 8.97. The summed E-state index contributed by atoms with van der Waals surface area (Å²) in [5.74, 6) is 0. The lowest BCUT2D eigenvalue weighted by Gasteiger charge is -2.22. The summed E-state index contributed by atoms with van der Waals surface area (Å²) in [6.45, 7) is 8.65. The van der Waals surface area contributed by atoms with Gasteiger partial charge in [-0.1, -0.05) is 6.92 Å². The molecule has 0 aromatic rings. The molecule has 0 aromatic heterocycles. The molecule has 3 heteroatoms. The van der Waals surface area contributed by atoms with E-state index in [4.69, 9.17) is 0 Å². The Bertz CT molecular complexity index is 108. The molecular formula is C8H19N3. The third kappa shape index (κ3) is 2.77. The van der Waals surface area contributed by atoms with Gasteiger partial charge in [0.1, 0.15) is 0 Å². The number of nitrogens with one attached hydrogen (secondary N) is 3. The fourth-order valence-electron chi connectivity index (χ4n) is 1.39. The fourth-order valence-corrected chi connectivity index (χ4v) is 1.39. The lowest BCUT2D eigenvalue weighted by atomic mass is 10.00. The summed E-state index contributed by atoms with van der Waals surface area (Å²) in [5, 5.41) is 10.1. The van der Waals surface area contributed by atoms with Crippen molar-refractivity contribution in [2.45, 2.75) is 25.8 Å². The summed E-state index contributed by atoms with van der Waals surface area (Å²) in [4.78, 5) is 0. The third-order valence-electron chi connectivity index (χ3n) is 2.26. The Hall–Kier alpha value is -0.120. The van der Waals surface area contributed by atoms with Crippen molar-refractivity contribution in [2.75, 3.05) is 26.3 Å². The minimum atomic E-state index is 0.322. The molecule has 1 atom stereocenters. The van der Waals surface area contributed by atoms with E-state index in [0.717, 1.165) is 26.3 Å². The van der Waals surface area contributed by atoms with Gasteiger partial charge in [0.05, 0.1) is 0 Å². The molecule has 1 aliphatic heterocycles. The van der Waals surface area contributed by atoms with Gasteiger partial charge in [0.2, 0.25) is 0 Å². The van der Waals surface area contributed by atoms with Crippen molar-refractivity contribution in [1.82, 2.24) is 16.0 Å². The van der Waals surface area contributed by atoms with E-state index >= 15 is 0 Å². The topological polar surface area (TPSA) is 36.1 Å². The minimum absolute atomic E-state index is 0.322.